The van der Waals surface area contributed by atoms with Gasteiger partial charge >= 0.3 is 0 Å². The average Bonchev–Trinajstić information content (AvgIpc) is 3.08. The molecule has 1 fully saturated rings. The first-order valence-corrected chi connectivity index (χ1v) is 9.37. The Bertz CT molecular complexity index is 839. The van der Waals surface area contributed by atoms with E-state index in [2.05, 4.69) is 15.6 Å². The molecule has 1 amide bonds. The highest BCUT2D eigenvalue weighted by atomic mass is 16.5. The number of ether oxygens (including phenoxy) is 1. The fourth-order valence-corrected chi connectivity index (χ4v) is 3.20. The standard InChI is InChI=1S/C21H26N4O3/c1-3-22-21(23-13-15-8-7-11-18(28-2)20(15)27)24-16-12-19(26)25(14-16)17-9-5-4-6-10-17/h4-11,16,27H,3,12-14H2,1-2H3,(H2,22,23,24). The molecule has 28 heavy (non-hydrogen) atoms. The number of amides is 1. The van der Waals surface area contributed by atoms with E-state index >= 15 is 0 Å². The van der Waals surface area contributed by atoms with Gasteiger partial charge < -0.3 is 25.4 Å². The molecular weight excluding hydrogens is 356 g/mol. The van der Waals surface area contributed by atoms with Crippen molar-refractivity contribution in [1.29, 1.82) is 0 Å². The molecule has 3 rings (SSSR count). The van der Waals surface area contributed by atoms with Gasteiger partial charge in [-0.1, -0.05) is 30.3 Å². The number of carbonyl (C=O) groups is 1. The van der Waals surface area contributed by atoms with E-state index < -0.39 is 0 Å². The Hall–Kier alpha value is -3.22. The van der Waals surface area contributed by atoms with Crippen molar-refractivity contribution in [3.63, 3.8) is 0 Å². The summed E-state index contributed by atoms with van der Waals surface area (Å²) in [7, 11) is 1.52. The molecule has 1 aliphatic rings. The molecular formula is C21H26N4O3. The Kier molecular flexibility index (Phi) is 6.37. The number of benzene rings is 2. The maximum atomic E-state index is 12.4. The number of para-hydroxylation sites is 2. The lowest BCUT2D eigenvalue weighted by atomic mass is 10.2. The minimum atomic E-state index is -0.0376. The summed E-state index contributed by atoms with van der Waals surface area (Å²) in [4.78, 5) is 18.7. The van der Waals surface area contributed by atoms with Gasteiger partial charge in [-0.15, -0.1) is 0 Å². The second-order valence-corrected chi connectivity index (χ2v) is 6.55. The van der Waals surface area contributed by atoms with Crippen molar-refractivity contribution >= 4 is 17.6 Å². The molecule has 0 aliphatic carbocycles. The van der Waals surface area contributed by atoms with E-state index in [4.69, 9.17) is 4.74 Å². The molecule has 1 saturated heterocycles. The molecule has 148 valence electrons. The molecule has 0 aromatic heterocycles. The van der Waals surface area contributed by atoms with Crippen LogP contribution in [0.4, 0.5) is 5.69 Å². The Labute approximate surface area is 165 Å². The SMILES string of the molecule is CCNC(=NCc1cccc(OC)c1O)NC1CC(=O)N(c2ccccc2)C1. The number of rotatable bonds is 6. The number of nitrogens with zero attached hydrogens (tertiary/aromatic N) is 2. The first-order valence-electron chi connectivity index (χ1n) is 9.37. The summed E-state index contributed by atoms with van der Waals surface area (Å²) < 4.78 is 5.14. The van der Waals surface area contributed by atoms with Gasteiger partial charge in [-0.3, -0.25) is 4.79 Å². The summed E-state index contributed by atoms with van der Waals surface area (Å²) in [5, 5.41) is 16.7. The topological polar surface area (TPSA) is 86.2 Å². The molecule has 0 bridgehead atoms. The van der Waals surface area contributed by atoms with Crippen molar-refractivity contribution in [2.45, 2.75) is 25.9 Å². The van der Waals surface area contributed by atoms with Crippen LogP contribution in [0.5, 0.6) is 11.5 Å². The van der Waals surface area contributed by atoms with E-state index in [-0.39, 0.29) is 17.7 Å². The minimum Gasteiger partial charge on any atom is -0.504 e. The number of carbonyl (C=O) groups excluding carboxylic acids is 1. The van der Waals surface area contributed by atoms with Crippen LogP contribution < -0.4 is 20.3 Å². The number of phenolic OH excluding ortho intramolecular Hbond substituents is 1. The van der Waals surface area contributed by atoms with Crippen LogP contribution in [0.3, 0.4) is 0 Å². The monoisotopic (exact) mass is 382 g/mol. The van der Waals surface area contributed by atoms with Gasteiger partial charge in [-0.2, -0.15) is 0 Å². The molecule has 7 nitrogen and oxygen atoms in total. The number of phenols is 1. The molecule has 7 heteroatoms. The molecule has 0 saturated carbocycles. The molecule has 0 spiro atoms. The summed E-state index contributed by atoms with van der Waals surface area (Å²) in [5.41, 5.74) is 1.57. The summed E-state index contributed by atoms with van der Waals surface area (Å²) in [6.07, 6.45) is 0.406. The second-order valence-electron chi connectivity index (χ2n) is 6.55. The number of nitrogens with one attached hydrogen (secondary N) is 2. The molecule has 0 radical (unpaired) electrons. The van der Waals surface area contributed by atoms with E-state index in [0.29, 0.717) is 43.3 Å². The van der Waals surface area contributed by atoms with E-state index in [0.717, 1.165) is 5.69 Å². The average molecular weight is 382 g/mol. The van der Waals surface area contributed by atoms with Crippen molar-refractivity contribution in [3.05, 3.63) is 54.1 Å². The van der Waals surface area contributed by atoms with Crippen LogP contribution in [0, 0.1) is 0 Å². The highest BCUT2D eigenvalue weighted by Gasteiger charge is 2.31. The summed E-state index contributed by atoms with van der Waals surface area (Å²) in [6.45, 7) is 3.55. The van der Waals surface area contributed by atoms with Crippen molar-refractivity contribution in [2.75, 3.05) is 25.1 Å². The summed E-state index contributed by atoms with van der Waals surface area (Å²) >= 11 is 0. The third-order valence-electron chi connectivity index (χ3n) is 4.59. The van der Waals surface area contributed by atoms with E-state index in [1.807, 2.05) is 43.3 Å². The smallest absolute Gasteiger partial charge is 0.229 e. The third kappa shape index (κ3) is 4.54. The number of aromatic hydroxyl groups is 1. The predicted molar refractivity (Wildman–Crippen MR) is 110 cm³/mol. The summed E-state index contributed by atoms with van der Waals surface area (Å²) in [6, 6.07) is 14.9. The molecule has 3 N–H and O–H groups in total. The highest BCUT2D eigenvalue weighted by Crippen LogP contribution is 2.29. The zero-order valence-electron chi connectivity index (χ0n) is 16.2. The van der Waals surface area contributed by atoms with Crippen LogP contribution in [0.1, 0.15) is 18.9 Å². The molecule has 1 aliphatic heterocycles. The van der Waals surface area contributed by atoms with Gasteiger partial charge in [0, 0.05) is 30.8 Å². The van der Waals surface area contributed by atoms with Gasteiger partial charge in [0.1, 0.15) is 0 Å². The molecule has 1 heterocycles. The Balaban J connectivity index is 1.68. The third-order valence-corrected chi connectivity index (χ3v) is 4.59. The summed E-state index contributed by atoms with van der Waals surface area (Å²) in [5.74, 6) is 1.21. The number of aliphatic imine (C=N–C) groups is 1. The number of hydrogen-bond donors (Lipinski definition) is 3. The van der Waals surface area contributed by atoms with Crippen LogP contribution in [-0.4, -0.2) is 43.2 Å². The number of hydrogen-bond acceptors (Lipinski definition) is 4. The van der Waals surface area contributed by atoms with Crippen LogP contribution in [0.2, 0.25) is 0 Å². The molecule has 1 unspecified atom stereocenters. The first kappa shape index (κ1) is 19.5. The Morgan fingerprint density at radius 1 is 1.25 bits per heavy atom. The van der Waals surface area contributed by atoms with Gasteiger partial charge in [-0.25, -0.2) is 4.99 Å². The Morgan fingerprint density at radius 3 is 2.75 bits per heavy atom. The van der Waals surface area contributed by atoms with E-state index in [1.54, 1.807) is 17.0 Å². The highest BCUT2D eigenvalue weighted by molar-refractivity contribution is 5.97. The first-order chi connectivity index (χ1) is 13.6. The molecule has 2 aromatic carbocycles. The van der Waals surface area contributed by atoms with Gasteiger partial charge in [0.05, 0.1) is 19.7 Å². The largest absolute Gasteiger partial charge is 0.504 e. The van der Waals surface area contributed by atoms with E-state index in [9.17, 15) is 9.90 Å². The lowest BCUT2D eigenvalue weighted by molar-refractivity contribution is -0.117. The van der Waals surface area contributed by atoms with Crippen molar-refractivity contribution in [2.24, 2.45) is 4.99 Å². The molecule has 2 aromatic rings. The van der Waals surface area contributed by atoms with Crippen molar-refractivity contribution in [3.8, 4) is 11.5 Å². The zero-order chi connectivity index (χ0) is 19.9. The lowest BCUT2D eigenvalue weighted by Gasteiger charge is -2.19. The predicted octanol–water partition coefficient (Wildman–Crippen LogP) is 2.26. The minimum absolute atomic E-state index is 0.0376. The van der Waals surface area contributed by atoms with Gasteiger partial charge in [0.25, 0.3) is 0 Å². The van der Waals surface area contributed by atoms with Gasteiger partial charge in [0.15, 0.2) is 17.5 Å². The van der Waals surface area contributed by atoms with Crippen LogP contribution >= 0.6 is 0 Å². The van der Waals surface area contributed by atoms with Crippen molar-refractivity contribution < 1.29 is 14.6 Å². The normalized spacial score (nSPS) is 16.9. The maximum absolute atomic E-state index is 12.4. The number of anilines is 1. The van der Waals surface area contributed by atoms with E-state index in [1.165, 1.54) is 7.11 Å². The maximum Gasteiger partial charge on any atom is 0.229 e. The number of guanidine groups is 1. The van der Waals surface area contributed by atoms with Crippen LogP contribution in [-0.2, 0) is 11.3 Å². The number of methoxy groups -OCH3 is 1. The van der Waals surface area contributed by atoms with Crippen LogP contribution in [0.25, 0.3) is 0 Å². The Morgan fingerprint density at radius 2 is 2.04 bits per heavy atom. The molecule has 1 atom stereocenters. The zero-order valence-corrected chi connectivity index (χ0v) is 16.2. The van der Waals surface area contributed by atoms with Crippen molar-refractivity contribution in [1.82, 2.24) is 10.6 Å². The quantitative estimate of drug-likeness (QED) is 0.527. The lowest BCUT2D eigenvalue weighted by Crippen LogP contribution is -2.44. The fourth-order valence-electron chi connectivity index (χ4n) is 3.20. The van der Waals surface area contributed by atoms with Gasteiger partial charge in [0.2, 0.25) is 5.91 Å². The van der Waals surface area contributed by atoms with Gasteiger partial charge in [-0.05, 0) is 25.1 Å². The van der Waals surface area contributed by atoms with Crippen LogP contribution in [0.15, 0.2) is 53.5 Å². The fraction of sp³-hybridized carbons (Fsp3) is 0.333. The second kappa shape index (κ2) is 9.12.